The Morgan fingerprint density at radius 2 is 1.35 bits per heavy atom. The number of esters is 1. The molecule has 0 spiro atoms. The number of rotatable bonds is 22. The molecule has 2 aromatic carbocycles. The fraction of sp³-hybridized carbons (Fsp3) is 0.639. The van der Waals surface area contributed by atoms with E-state index in [1.54, 1.807) is 0 Å². The number of ether oxygens (including phenoxy) is 2. The third-order valence-electron chi connectivity index (χ3n) is 7.81. The summed E-state index contributed by atoms with van der Waals surface area (Å²) in [5.41, 5.74) is 2.54. The Morgan fingerprint density at radius 1 is 0.775 bits per heavy atom. The van der Waals surface area contributed by atoms with Crippen molar-refractivity contribution in [1.29, 1.82) is 0 Å². The van der Waals surface area contributed by atoms with E-state index in [0.717, 1.165) is 36.2 Å². The maximum Gasteiger partial charge on any atom is 0.314 e. The molecule has 2 rings (SSSR count). The summed E-state index contributed by atoms with van der Waals surface area (Å²) in [6.07, 6.45) is 16.6. The Hall–Kier alpha value is -2.33. The minimum atomic E-state index is -0.176. The molecular formula is C36H58NO3+. The van der Waals surface area contributed by atoms with Crippen LogP contribution in [0, 0.1) is 5.92 Å². The van der Waals surface area contributed by atoms with Crippen LogP contribution < -0.4 is 4.74 Å². The van der Waals surface area contributed by atoms with Gasteiger partial charge in [0, 0.05) is 5.56 Å². The molecule has 0 saturated carbocycles. The van der Waals surface area contributed by atoms with E-state index in [1.165, 1.54) is 81.8 Å². The van der Waals surface area contributed by atoms with Crippen LogP contribution >= 0.6 is 0 Å². The first kappa shape index (κ1) is 33.9. The summed E-state index contributed by atoms with van der Waals surface area (Å²) in [6.45, 7) is 8.24. The van der Waals surface area contributed by atoms with E-state index in [9.17, 15) is 4.79 Å². The summed E-state index contributed by atoms with van der Waals surface area (Å²) >= 11 is 0. The standard InChI is InChI=1S/C36H58NO3/c1-6-8-9-10-11-12-13-14-15-16-20-25-33-26-21-22-27-35(33)40-34(7-2)30-39-36(38)31(3)28-37(4,5)29-32-23-18-17-19-24-32/h17-19,21-24,26-27,31,34H,6-16,20,25,28-30H2,1-5H3/q+1. The number of nitrogens with zero attached hydrogens (tertiary/aromatic N) is 1. The highest BCUT2D eigenvalue weighted by Crippen LogP contribution is 2.23. The Labute approximate surface area is 246 Å². The van der Waals surface area contributed by atoms with Crippen molar-refractivity contribution in [3.8, 4) is 5.75 Å². The molecule has 0 bridgehead atoms. The van der Waals surface area contributed by atoms with E-state index >= 15 is 0 Å². The van der Waals surface area contributed by atoms with Crippen LogP contribution in [-0.4, -0.2) is 43.8 Å². The summed E-state index contributed by atoms with van der Waals surface area (Å²) < 4.78 is 12.9. The number of unbranched alkanes of at least 4 members (excludes halogenated alkanes) is 10. The van der Waals surface area contributed by atoms with Gasteiger partial charge in [-0.3, -0.25) is 4.79 Å². The van der Waals surface area contributed by atoms with Crippen molar-refractivity contribution in [1.82, 2.24) is 0 Å². The average molecular weight is 553 g/mol. The zero-order valence-corrected chi connectivity index (χ0v) is 26.3. The fourth-order valence-electron chi connectivity index (χ4n) is 5.50. The Bertz CT molecular complexity index is 927. The number of carbonyl (C=O) groups is 1. The van der Waals surface area contributed by atoms with Gasteiger partial charge in [-0.15, -0.1) is 0 Å². The van der Waals surface area contributed by atoms with Crippen molar-refractivity contribution in [3.63, 3.8) is 0 Å². The lowest BCUT2D eigenvalue weighted by molar-refractivity contribution is -0.905. The van der Waals surface area contributed by atoms with Gasteiger partial charge in [0.1, 0.15) is 30.9 Å². The zero-order valence-electron chi connectivity index (χ0n) is 26.3. The van der Waals surface area contributed by atoms with Gasteiger partial charge in [-0.1, -0.05) is 127 Å². The van der Waals surface area contributed by atoms with Crippen molar-refractivity contribution in [3.05, 3.63) is 65.7 Å². The number of quaternary nitrogens is 1. The molecule has 2 aromatic rings. The molecule has 0 amide bonds. The summed E-state index contributed by atoms with van der Waals surface area (Å²) in [7, 11) is 4.34. The maximum absolute atomic E-state index is 12.9. The van der Waals surface area contributed by atoms with Gasteiger partial charge < -0.3 is 14.0 Å². The Morgan fingerprint density at radius 3 is 1.98 bits per heavy atom. The van der Waals surface area contributed by atoms with Gasteiger partial charge in [-0.25, -0.2) is 0 Å². The van der Waals surface area contributed by atoms with E-state index in [2.05, 4.69) is 70.4 Å². The van der Waals surface area contributed by atoms with Crippen LogP contribution in [0.25, 0.3) is 0 Å². The van der Waals surface area contributed by atoms with Crippen molar-refractivity contribution >= 4 is 5.97 Å². The largest absolute Gasteiger partial charge is 0.487 e. The van der Waals surface area contributed by atoms with E-state index in [-0.39, 0.29) is 18.0 Å². The molecule has 0 N–H and O–H groups in total. The molecule has 0 aliphatic rings. The lowest BCUT2D eigenvalue weighted by atomic mass is 10.0. The van der Waals surface area contributed by atoms with Gasteiger partial charge in [0.15, 0.2) is 0 Å². The van der Waals surface area contributed by atoms with E-state index < -0.39 is 0 Å². The lowest BCUT2D eigenvalue weighted by Crippen LogP contribution is -2.44. The van der Waals surface area contributed by atoms with Crippen LogP contribution in [-0.2, 0) is 22.5 Å². The molecular weight excluding hydrogens is 494 g/mol. The summed E-state index contributed by atoms with van der Waals surface area (Å²) in [5.74, 6) is 0.617. The fourth-order valence-corrected chi connectivity index (χ4v) is 5.50. The first-order valence-electron chi connectivity index (χ1n) is 16.1. The minimum Gasteiger partial charge on any atom is -0.487 e. The first-order valence-corrected chi connectivity index (χ1v) is 16.1. The average Bonchev–Trinajstić information content (AvgIpc) is 2.94. The predicted molar refractivity (Wildman–Crippen MR) is 169 cm³/mol. The highest BCUT2D eigenvalue weighted by Gasteiger charge is 2.26. The highest BCUT2D eigenvalue weighted by molar-refractivity contribution is 5.72. The van der Waals surface area contributed by atoms with Gasteiger partial charge in [0.2, 0.25) is 0 Å². The van der Waals surface area contributed by atoms with Crippen LogP contribution in [0.4, 0.5) is 0 Å². The van der Waals surface area contributed by atoms with Crippen LogP contribution in [0.2, 0.25) is 0 Å². The van der Waals surface area contributed by atoms with Crippen molar-refractivity contribution in [2.24, 2.45) is 5.92 Å². The molecule has 0 aliphatic carbocycles. The molecule has 0 aliphatic heterocycles. The third-order valence-corrected chi connectivity index (χ3v) is 7.81. The number of hydrogen-bond donors (Lipinski definition) is 0. The Kier molecular flexibility index (Phi) is 16.7. The normalized spacial score (nSPS) is 13.1. The van der Waals surface area contributed by atoms with E-state index in [0.29, 0.717) is 6.61 Å². The molecule has 4 nitrogen and oxygen atoms in total. The molecule has 0 radical (unpaired) electrons. The predicted octanol–water partition coefficient (Wildman–Crippen LogP) is 9.15. The molecule has 0 saturated heterocycles. The molecule has 40 heavy (non-hydrogen) atoms. The van der Waals surface area contributed by atoms with Crippen LogP contribution in [0.1, 0.15) is 109 Å². The highest BCUT2D eigenvalue weighted by atomic mass is 16.6. The minimum absolute atomic E-state index is 0.138. The van der Waals surface area contributed by atoms with Gasteiger partial charge in [-0.2, -0.15) is 0 Å². The number of carbonyl (C=O) groups excluding carboxylic acids is 1. The quantitative estimate of drug-likeness (QED) is 0.0830. The second kappa shape index (κ2) is 19.7. The van der Waals surface area contributed by atoms with Crippen molar-refractivity contribution in [2.75, 3.05) is 27.2 Å². The Balaban J connectivity index is 1.71. The SMILES string of the molecule is CCCCCCCCCCCCCc1ccccc1OC(CC)COC(=O)C(C)C[N+](C)(C)Cc1ccccc1. The van der Waals surface area contributed by atoms with Gasteiger partial charge in [0.05, 0.1) is 20.6 Å². The molecule has 2 atom stereocenters. The number of benzene rings is 2. The molecule has 2 unspecified atom stereocenters. The molecule has 0 fully saturated rings. The monoisotopic (exact) mass is 552 g/mol. The van der Waals surface area contributed by atoms with Gasteiger partial charge in [0.25, 0.3) is 0 Å². The smallest absolute Gasteiger partial charge is 0.314 e. The lowest BCUT2D eigenvalue weighted by Gasteiger charge is -2.32. The van der Waals surface area contributed by atoms with Crippen molar-refractivity contribution in [2.45, 2.75) is 117 Å². The van der Waals surface area contributed by atoms with Crippen LogP contribution in [0.3, 0.4) is 0 Å². The summed E-state index contributed by atoms with van der Waals surface area (Å²) in [6, 6.07) is 18.8. The second-order valence-electron chi connectivity index (χ2n) is 12.3. The van der Waals surface area contributed by atoms with E-state index in [4.69, 9.17) is 9.47 Å². The topological polar surface area (TPSA) is 35.5 Å². The van der Waals surface area contributed by atoms with Crippen LogP contribution in [0.15, 0.2) is 54.6 Å². The number of aryl methyl sites for hydroxylation is 1. The maximum atomic E-state index is 12.9. The molecule has 224 valence electrons. The van der Waals surface area contributed by atoms with Gasteiger partial charge in [-0.05, 0) is 37.8 Å². The second-order valence-corrected chi connectivity index (χ2v) is 12.3. The molecule has 0 heterocycles. The number of hydrogen-bond acceptors (Lipinski definition) is 3. The number of para-hydroxylation sites is 1. The summed E-state index contributed by atoms with van der Waals surface area (Å²) in [4.78, 5) is 12.9. The summed E-state index contributed by atoms with van der Waals surface area (Å²) in [5, 5.41) is 0. The van der Waals surface area contributed by atoms with Crippen LogP contribution in [0.5, 0.6) is 5.75 Å². The van der Waals surface area contributed by atoms with E-state index in [1.807, 2.05) is 19.1 Å². The van der Waals surface area contributed by atoms with Gasteiger partial charge >= 0.3 is 5.97 Å². The molecule has 4 heteroatoms. The first-order chi connectivity index (χ1) is 19.3. The molecule has 0 aromatic heterocycles. The zero-order chi connectivity index (χ0) is 29.1. The third kappa shape index (κ3) is 14.3. The van der Waals surface area contributed by atoms with Crippen molar-refractivity contribution < 1.29 is 18.8 Å².